The van der Waals surface area contributed by atoms with Crippen molar-refractivity contribution in [2.24, 2.45) is 0 Å². The van der Waals surface area contributed by atoms with Crippen molar-refractivity contribution in [2.75, 3.05) is 20.2 Å². The second kappa shape index (κ2) is 8.22. The average Bonchev–Trinajstić information content (AvgIpc) is 2.64. The number of nitrogens with zero attached hydrogens (tertiary/aromatic N) is 1. The molecule has 1 saturated heterocycles. The Balaban J connectivity index is 1.51. The van der Waals surface area contributed by atoms with Gasteiger partial charge >= 0.3 is 0 Å². The second-order valence-corrected chi connectivity index (χ2v) is 6.84. The smallest absolute Gasteiger partial charge is 0.153 e. The molecule has 1 heterocycles. The van der Waals surface area contributed by atoms with Crippen LogP contribution in [0.5, 0.6) is 11.5 Å². The van der Waals surface area contributed by atoms with Crippen molar-refractivity contribution in [1.29, 1.82) is 0 Å². The van der Waals surface area contributed by atoms with Crippen molar-refractivity contribution in [3.63, 3.8) is 0 Å². The lowest BCUT2D eigenvalue weighted by atomic mass is 10.1. The van der Waals surface area contributed by atoms with Crippen LogP contribution in [-0.4, -0.2) is 36.9 Å². The van der Waals surface area contributed by atoms with Crippen LogP contribution in [0.2, 0.25) is 0 Å². The molecule has 1 aliphatic rings. The molecule has 0 spiro atoms. The van der Waals surface area contributed by atoms with Crippen LogP contribution in [0.4, 0.5) is 0 Å². The van der Waals surface area contributed by atoms with E-state index in [1.165, 1.54) is 4.90 Å². The Bertz CT molecular complexity index is 667. The number of hydrogen-bond acceptors (Lipinski definition) is 5. The molecule has 0 amide bonds. The minimum absolute atomic E-state index is 0.166. The molecule has 0 N–H and O–H groups in total. The van der Waals surface area contributed by atoms with Crippen LogP contribution < -0.4 is 9.47 Å². The second-order valence-electron chi connectivity index (χ2n) is 5.67. The average molecular weight is 343 g/mol. The van der Waals surface area contributed by atoms with Gasteiger partial charge in [0.15, 0.2) is 6.29 Å². The van der Waals surface area contributed by atoms with Crippen molar-refractivity contribution in [2.45, 2.75) is 23.8 Å². The van der Waals surface area contributed by atoms with E-state index >= 15 is 0 Å². The van der Waals surface area contributed by atoms with Gasteiger partial charge in [0, 0.05) is 18.0 Å². The van der Waals surface area contributed by atoms with Crippen LogP contribution in [0.15, 0.2) is 53.4 Å². The van der Waals surface area contributed by atoms with E-state index in [0.717, 1.165) is 38.0 Å². The summed E-state index contributed by atoms with van der Waals surface area (Å²) in [7, 11) is 1.68. The molecule has 0 atom stereocenters. The number of benzene rings is 2. The maximum atomic E-state index is 11.1. The third-order valence-electron chi connectivity index (χ3n) is 4.03. The predicted octanol–water partition coefficient (Wildman–Crippen LogP) is 4.06. The summed E-state index contributed by atoms with van der Waals surface area (Å²) in [6.45, 7) is 1.93. The number of hydrogen-bond donors (Lipinski definition) is 0. The lowest BCUT2D eigenvalue weighted by Gasteiger charge is -2.31. The van der Waals surface area contributed by atoms with Gasteiger partial charge in [0.2, 0.25) is 0 Å². The third-order valence-corrected chi connectivity index (χ3v) is 5.14. The number of methoxy groups -OCH3 is 1. The summed E-state index contributed by atoms with van der Waals surface area (Å²) >= 11 is 1.77. The van der Waals surface area contributed by atoms with Crippen molar-refractivity contribution < 1.29 is 14.3 Å². The topological polar surface area (TPSA) is 38.8 Å². The van der Waals surface area contributed by atoms with E-state index in [1.807, 2.05) is 30.3 Å². The molecular formula is C19H21NO3S. The lowest BCUT2D eigenvalue weighted by Crippen LogP contribution is -2.34. The van der Waals surface area contributed by atoms with Gasteiger partial charge < -0.3 is 9.47 Å². The monoisotopic (exact) mass is 343 g/mol. The van der Waals surface area contributed by atoms with E-state index in [4.69, 9.17) is 9.47 Å². The normalized spacial score (nSPS) is 15.9. The van der Waals surface area contributed by atoms with Crippen molar-refractivity contribution in [1.82, 2.24) is 4.31 Å². The first-order chi connectivity index (χ1) is 11.8. The molecule has 1 fully saturated rings. The Morgan fingerprint density at radius 1 is 1.08 bits per heavy atom. The van der Waals surface area contributed by atoms with Crippen molar-refractivity contribution in [3.05, 3.63) is 54.1 Å². The molecule has 0 aliphatic carbocycles. The van der Waals surface area contributed by atoms with E-state index in [9.17, 15) is 4.79 Å². The Morgan fingerprint density at radius 3 is 2.46 bits per heavy atom. The van der Waals surface area contributed by atoms with Crippen LogP contribution in [-0.2, 0) is 0 Å². The zero-order chi connectivity index (χ0) is 16.8. The zero-order valence-electron chi connectivity index (χ0n) is 13.7. The van der Waals surface area contributed by atoms with Crippen molar-refractivity contribution in [3.8, 4) is 11.5 Å². The van der Waals surface area contributed by atoms with Gasteiger partial charge in [0.1, 0.15) is 17.6 Å². The number of ether oxygens (including phenoxy) is 2. The van der Waals surface area contributed by atoms with Crippen LogP contribution in [0.3, 0.4) is 0 Å². The summed E-state index contributed by atoms with van der Waals surface area (Å²) in [6.07, 6.45) is 2.93. The van der Waals surface area contributed by atoms with Gasteiger partial charge in [-0.2, -0.15) is 0 Å². The number of carbonyl (C=O) groups excluding carboxylic acids is 1. The predicted molar refractivity (Wildman–Crippen MR) is 95.9 cm³/mol. The Morgan fingerprint density at radius 2 is 1.79 bits per heavy atom. The fraction of sp³-hybridized carbons (Fsp3) is 0.316. The highest BCUT2D eigenvalue weighted by atomic mass is 32.2. The third kappa shape index (κ3) is 4.30. The summed E-state index contributed by atoms with van der Waals surface area (Å²) in [4.78, 5) is 12.3. The van der Waals surface area contributed by atoms with Gasteiger partial charge in [0.05, 0.1) is 12.7 Å². The van der Waals surface area contributed by atoms with Gasteiger partial charge in [-0.1, -0.05) is 12.1 Å². The molecule has 2 aromatic carbocycles. The SMILES string of the molecule is COc1ccc(SN2CCC(Oc3ccccc3C=O)CC2)cc1. The molecular weight excluding hydrogens is 322 g/mol. The minimum atomic E-state index is 0.166. The summed E-state index contributed by atoms with van der Waals surface area (Å²) in [5, 5.41) is 0. The quantitative estimate of drug-likeness (QED) is 0.584. The van der Waals surface area contributed by atoms with E-state index < -0.39 is 0 Å². The zero-order valence-corrected chi connectivity index (χ0v) is 14.5. The molecule has 5 heteroatoms. The van der Waals surface area contributed by atoms with Gasteiger partial charge in [0.25, 0.3) is 0 Å². The summed E-state index contributed by atoms with van der Waals surface area (Å²) in [6, 6.07) is 15.5. The largest absolute Gasteiger partial charge is 0.497 e. The summed E-state index contributed by atoms with van der Waals surface area (Å²) < 4.78 is 13.6. The van der Waals surface area contributed by atoms with E-state index in [1.54, 1.807) is 25.1 Å². The van der Waals surface area contributed by atoms with Crippen LogP contribution in [0.1, 0.15) is 23.2 Å². The molecule has 0 saturated carbocycles. The molecule has 0 unspecified atom stereocenters. The first kappa shape index (κ1) is 16.9. The number of rotatable bonds is 6. The lowest BCUT2D eigenvalue weighted by molar-refractivity contribution is 0.110. The number of aldehydes is 1. The van der Waals surface area contributed by atoms with E-state index in [-0.39, 0.29) is 6.10 Å². The summed E-state index contributed by atoms with van der Waals surface area (Å²) in [5.74, 6) is 1.56. The maximum absolute atomic E-state index is 11.1. The molecule has 1 aliphatic heterocycles. The van der Waals surface area contributed by atoms with Gasteiger partial charge in [-0.25, -0.2) is 4.31 Å². The standard InChI is InChI=1S/C19H21NO3S/c1-22-16-6-8-18(9-7-16)24-20-12-10-17(11-13-20)23-19-5-3-2-4-15(19)14-21/h2-9,14,17H,10-13H2,1H3. The highest BCUT2D eigenvalue weighted by Crippen LogP contribution is 2.29. The van der Waals surface area contributed by atoms with Crippen LogP contribution in [0, 0.1) is 0 Å². The number of para-hydroxylation sites is 1. The van der Waals surface area contributed by atoms with Gasteiger partial charge in [-0.15, -0.1) is 0 Å². The molecule has 3 rings (SSSR count). The minimum Gasteiger partial charge on any atom is -0.497 e. The fourth-order valence-corrected chi connectivity index (χ4v) is 3.64. The Kier molecular flexibility index (Phi) is 5.77. The Hall–Kier alpha value is -1.98. The number of piperidine rings is 1. The van der Waals surface area contributed by atoms with E-state index in [0.29, 0.717) is 11.3 Å². The highest BCUT2D eigenvalue weighted by molar-refractivity contribution is 7.97. The van der Waals surface area contributed by atoms with Gasteiger partial charge in [-0.05, 0) is 61.2 Å². The van der Waals surface area contributed by atoms with Crippen LogP contribution in [0.25, 0.3) is 0 Å². The highest BCUT2D eigenvalue weighted by Gasteiger charge is 2.22. The fourth-order valence-electron chi connectivity index (χ4n) is 2.69. The Labute approximate surface area is 146 Å². The van der Waals surface area contributed by atoms with Crippen molar-refractivity contribution >= 4 is 18.2 Å². The van der Waals surface area contributed by atoms with E-state index in [2.05, 4.69) is 16.4 Å². The molecule has 24 heavy (non-hydrogen) atoms. The molecule has 4 nitrogen and oxygen atoms in total. The number of carbonyl (C=O) groups is 1. The van der Waals surface area contributed by atoms with Gasteiger partial charge in [-0.3, -0.25) is 4.79 Å². The first-order valence-corrected chi connectivity index (χ1v) is 8.83. The maximum Gasteiger partial charge on any atom is 0.153 e. The molecule has 2 aromatic rings. The first-order valence-electron chi connectivity index (χ1n) is 8.06. The molecule has 0 radical (unpaired) electrons. The molecule has 0 aromatic heterocycles. The summed E-state index contributed by atoms with van der Waals surface area (Å²) in [5.41, 5.74) is 0.618. The van der Waals surface area contributed by atoms with Crippen LogP contribution >= 0.6 is 11.9 Å². The molecule has 126 valence electrons. The molecule has 0 bridgehead atoms.